The Morgan fingerprint density at radius 1 is 1.10 bits per heavy atom. The molecule has 0 aromatic heterocycles. The van der Waals surface area contributed by atoms with Gasteiger partial charge in [-0.1, -0.05) is 44.0 Å². The fourth-order valence-electron chi connectivity index (χ4n) is 3.82. The maximum atomic E-state index is 6.56. The minimum Gasteiger partial charge on any atom is -0.369 e. The molecular formula is C18H27NO. The lowest BCUT2D eigenvalue weighted by atomic mass is 9.88. The summed E-state index contributed by atoms with van der Waals surface area (Å²) in [5.74, 6) is 0. The summed E-state index contributed by atoms with van der Waals surface area (Å²) in [5, 5.41) is 3.62. The molecule has 3 unspecified atom stereocenters. The predicted molar refractivity (Wildman–Crippen MR) is 82.9 cm³/mol. The SMILES string of the molecule is CCNC1CCCCC1OC1CCCc2ccccc21. The van der Waals surface area contributed by atoms with E-state index < -0.39 is 0 Å². The van der Waals surface area contributed by atoms with Crippen LogP contribution in [0.15, 0.2) is 24.3 Å². The van der Waals surface area contributed by atoms with Crippen molar-refractivity contribution >= 4 is 0 Å². The van der Waals surface area contributed by atoms with Crippen molar-refractivity contribution in [1.82, 2.24) is 5.32 Å². The standard InChI is InChI=1S/C18H27NO/c1-2-19-16-11-5-6-12-18(16)20-17-13-7-9-14-8-3-4-10-15(14)17/h3-4,8,10,16-19H,2,5-7,9,11-13H2,1H3. The molecule has 0 amide bonds. The van der Waals surface area contributed by atoms with Gasteiger partial charge in [0.25, 0.3) is 0 Å². The van der Waals surface area contributed by atoms with Crippen molar-refractivity contribution in [3.8, 4) is 0 Å². The Kier molecular flexibility index (Phi) is 4.74. The van der Waals surface area contributed by atoms with Gasteiger partial charge in [0.05, 0.1) is 12.2 Å². The molecular weight excluding hydrogens is 246 g/mol. The Bertz CT molecular complexity index is 429. The third-order valence-corrected chi connectivity index (χ3v) is 4.82. The lowest BCUT2D eigenvalue weighted by Crippen LogP contribution is -2.44. The van der Waals surface area contributed by atoms with Gasteiger partial charge < -0.3 is 10.1 Å². The van der Waals surface area contributed by atoms with E-state index in [-0.39, 0.29) is 0 Å². The predicted octanol–water partition coefficient (Wildman–Crippen LogP) is 4.00. The summed E-state index contributed by atoms with van der Waals surface area (Å²) in [6.45, 7) is 3.24. The van der Waals surface area contributed by atoms with Crippen molar-refractivity contribution in [1.29, 1.82) is 0 Å². The average Bonchev–Trinajstić information content (AvgIpc) is 2.50. The number of hydrogen-bond donors (Lipinski definition) is 1. The van der Waals surface area contributed by atoms with Crippen molar-refractivity contribution in [2.24, 2.45) is 0 Å². The van der Waals surface area contributed by atoms with Gasteiger partial charge >= 0.3 is 0 Å². The van der Waals surface area contributed by atoms with Gasteiger partial charge in [0.1, 0.15) is 0 Å². The summed E-state index contributed by atoms with van der Waals surface area (Å²) in [5.41, 5.74) is 2.94. The normalized spacial score (nSPS) is 29.9. The highest BCUT2D eigenvalue weighted by Crippen LogP contribution is 2.35. The van der Waals surface area contributed by atoms with Crippen LogP contribution in [0.1, 0.15) is 62.7 Å². The molecule has 0 aliphatic heterocycles. The first-order valence-electron chi connectivity index (χ1n) is 8.35. The topological polar surface area (TPSA) is 21.3 Å². The highest BCUT2D eigenvalue weighted by molar-refractivity contribution is 5.31. The van der Waals surface area contributed by atoms with Crippen LogP contribution in [-0.2, 0) is 11.2 Å². The summed E-state index contributed by atoms with van der Waals surface area (Å²) < 4.78 is 6.56. The van der Waals surface area contributed by atoms with Gasteiger partial charge in [0.15, 0.2) is 0 Å². The van der Waals surface area contributed by atoms with Gasteiger partial charge in [-0.25, -0.2) is 0 Å². The molecule has 20 heavy (non-hydrogen) atoms. The molecule has 0 heterocycles. The molecule has 0 bridgehead atoms. The fourth-order valence-corrected chi connectivity index (χ4v) is 3.82. The zero-order chi connectivity index (χ0) is 13.8. The van der Waals surface area contributed by atoms with Crippen LogP contribution in [0.25, 0.3) is 0 Å². The lowest BCUT2D eigenvalue weighted by Gasteiger charge is -2.36. The van der Waals surface area contributed by atoms with Crippen molar-refractivity contribution in [2.45, 2.75) is 70.1 Å². The van der Waals surface area contributed by atoms with Crippen LogP contribution in [0, 0.1) is 0 Å². The first-order chi connectivity index (χ1) is 9.88. The number of likely N-dealkylation sites (N-methyl/N-ethyl adjacent to an activating group) is 1. The second-order valence-electron chi connectivity index (χ2n) is 6.20. The minimum atomic E-state index is 0.323. The highest BCUT2D eigenvalue weighted by atomic mass is 16.5. The molecule has 1 N–H and O–H groups in total. The monoisotopic (exact) mass is 273 g/mol. The maximum absolute atomic E-state index is 6.56. The molecule has 3 atom stereocenters. The molecule has 1 fully saturated rings. The Morgan fingerprint density at radius 2 is 1.95 bits per heavy atom. The molecule has 0 radical (unpaired) electrons. The Labute approximate surface area is 122 Å². The second kappa shape index (κ2) is 6.73. The van der Waals surface area contributed by atoms with E-state index in [9.17, 15) is 0 Å². The van der Waals surface area contributed by atoms with E-state index in [1.807, 2.05) is 0 Å². The molecule has 2 aliphatic rings. The van der Waals surface area contributed by atoms with Crippen molar-refractivity contribution < 1.29 is 4.74 Å². The van der Waals surface area contributed by atoms with Crippen LogP contribution < -0.4 is 5.32 Å². The number of ether oxygens (including phenoxy) is 1. The largest absolute Gasteiger partial charge is 0.369 e. The van der Waals surface area contributed by atoms with Crippen LogP contribution in [0.2, 0.25) is 0 Å². The molecule has 1 aromatic rings. The van der Waals surface area contributed by atoms with E-state index in [0.29, 0.717) is 18.2 Å². The summed E-state index contributed by atoms with van der Waals surface area (Å²) in [4.78, 5) is 0. The molecule has 110 valence electrons. The van der Waals surface area contributed by atoms with E-state index in [1.54, 1.807) is 0 Å². The summed E-state index contributed by atoms with van der Waals surface area (Å²) >= 11 is 0. The number of aryl methyl sites for hydroxylation is 1. The minimum absolute atomic E-state index is 0.323. The van der Waals surface area contributed by atoms with Crippen LogP contribution in [0.5, 0.6) is 0 Å². The zero-order valence-electron chi connectivity index (χ0n) is 12.6. The summed E-state index contributed by atoms with van der Waals surface area (Å²) in [7, 11) is 0. The molecule has 2 aliphatic carbocycles. The number of rotatable bonds is 4. The van der Waals surface area contributed by atoms with Gasteiger partial charge in [-0.3, -0.25) is 0 Å². The van der Waals surface area contributed by atoms with E-state index in [1.165, 1.54) is 56.1 Å². The van der Waals surface area contributed by atoms with Crippen LogP contribution in [0.3, 0.4) is 0 Å². The van der Waals surface area contributed by atoms with E-state index in [4.69, 9.17) is 4.74 Å². The van der Waals surface area contributed by atoms with Crippen LogP contribution >= 0.6 is 0 Å². The first kappa shape index (κ1) is 14.1. The smallest absolute Gasteiger partial charge is 0.0832 e. The molecule has 0 spiro atoms. The summed E-state index contributed by atoms with van der Waals surface area (Å²) in [6, 6.07) is 9.41. The molecule has 2 nitrogen and oxygen atoms in total. The Balaban J connectivity index is 1.71. The zero-order valence-corrected chi connectivity index (χ0v) is 12.6. The van der Waals surface area contributed by atoms with Gasteiger partial charge in [-0.2, -0.15) is 0 Å². The van der Waals surface area contributed by atoms with Crippen LogP contribution in [-0.4, -0.2) is 18.7 Å². The van der Waals surface area contributed by atoms with Gasteiger partial charge in [-0.05, 0) is 49.8 Å². The first-order valence-corrected chi connectivity index (χ1v) is 8.35. The van der Waals surface area contributed by atoms with Gasteiger partial charge in [0.2, 0.25) is 0 Å². The fraction of sp³-hybridized carbons (Fsp3) is 0.667. The van der Waals surface area contributed by atoms with Gasteiger partial charge in [-0.15, -0.1) is 0 Å². The number of fused-ring (bicyclic) bond motifs is 1. The Hall–Kier alpha value is -0.860. The highest BCUT2D eigenvalue weighted by Gasteiger charge is 2.29. The van der Waals surface area contributed by atoms with E-state index in [2.05, 4.69) is 36.5 Å². The second-order valence-corrected chi connectivity index (χ2v) is 6.20. The third kappa shape index (κ3) is 3.07. The van der Waals surface area contributed by atoms with Crippen molar-refractivity contribution in [3.63, 3.8) is 0 Å². The number of nitrogens with one attached hydrogen (secondary N) is 1. The number of hydrogen-bond acceptors (Lipinski definition) is 2. The molecule has 2 heteroatoms. The van der Waals surface area contributed by atoms with Crippen molar-refractivity contribution in [3.05, 3.63) is 35.4 Å². The molecule has 1 saturated carbocycles. The average molecular weight is 273 g/mol. The van der Waals surface area contributed by atoms with Crippen molar-refractivity contribution in [2.75, 3.05) is 6.54 Å². The Morgan fingerprint density at radius 3 is 2.85 bits per heavy atom. The van der Waals surface area contributed by atoms with E-state index in [0.717, 1.165) is 6.54 Å². The lowest BCUT2D eigenvalue weighted by molar-refractivity contribution is -0.0548. The maximum Gasteiger partial charge on any atom is 0.0832 e. The van der Waals surface area contributed by atoms with Gasteiger partial charge in [0, 0.05) is 6.04 Å². The molecule has 0 saturated heterocycles. The van der Waals surface area contributed by atoms with E-state index >= 15 is 0 Å². The third-order valence-electron chi connectivity index (χ3n) is 4.82. The molecule has 1 aromatic carbocycles. The molecule has 3 rings (SSSR count). The quantitative estimate of drug-likeness (QED) is 0.895. The summed E-state index contributed by atoms with van der Waals surface area (Å²) in [6.07, 6.45) is 9.55. The van der Waals surface area contributed by atoms with Crippen LogP contribution in [0.4, 0.5) is 0 Å². The number of benzene rings is 1.